The Balaban J connectivity index is 1.69. The van der Waals surface area contributed by atoms with Crippen molar-refractivity contribution < 1.29 is 14.3 Å². The Bertz CT molecular complexity index is 1330. The summed E-state index contributed by atoms with van der Waals surface area (Å²) < 4.78 is 15.0. The molecule has 5 rings (SSSR count). The molecule has 2 aromatic heterocycles. The first-order valence-corrected chi connectivity index (χ1v) is 9.92. The Hall–Kier alpha value is -3.81. The largest absolute Gasteiger partial charge is 0.505 e. The molecule has 1 amide bonds. The molecule has 0 bridgehead atoms. The van der Waals surface area contributed by atoms with Gasteiger partial charge in [0, 0.05) is 25.2 Å². The van der Waals surface area contributed by atoms with Gasteiger partial charge in [0.25, 0.3) is 5.91 Å². The molecule has 4 aromatic rings. The first kappa shape index (κ1) is 19.2. The zero-order valence-corrected chi connectivity index (χ0v) is 17.1. The smallest absolute Gasteiger partial charge is 0.258 e. The Morgan fingerprint density at radius 3 is 2.65 bits per heavy atom. The number of carbonyl (C=O) groups is 1. The summed E-state index contributed by atoms with van der Waals surface area (Å²) >= 11 is 0. The second kappa shape index (κ2) is 7.16. The number of phenols is 1. The zero-order valence-electron chi connectivity index (χ0n) is 17.1. The SMILES string of the molecule is Cc1ncnn1Cc1c2c(c(O)c3ncc(Cc4ccc(F)cc4)cc13)C(=O)N(C)C2. The summed E-state index contributed by atoms with van der Waals surface area (Å²) in [5.41, 5.74) is 4.25. The van der Waals surface area contributed by atoms with Crippen molar-refractivity contribution in [3.05, 3.63) is 82.3 Å². The molecule has 1 aliphatic heterocycles. The van der Waals surface area contributed by atoms with Gasteiger partial charge in [-0.25, -0.2) is 14.1 Å². The summed E-state index contributed by atoms with van der Waals surface area (Å²) in [7, 11) is 1.71. The number of benzene rings is 2. The monoisotopic (exact) mass is 417 g/mol. The van der Waals surface area contributed by atoms with Gasteiger partial charge in [0.15, 0.2) is 5.75 Å². The Morgan fingerprint density at radius 2 is 1.94 bits per heavy atom. The molecular weight excluding hydrogens is 397 g/mol. The highest BCUT2D eigenvalue weighted by atomic mass is 19.1. The van der Waals surface area contributed by atoms with Crippen LogP contribution in [-0.2, 0) is 19.5 Å². The van der Waals surface area contributed by atoms with Crippen LogP contribution in [-0.4, -0.2) is 42.7 Å². The fraction of sp³-hybridized carbons (Fsp3) is 0.217. The van der Waals surface area contributed by atoms with Crippen molar-refractivity contribution >= 4 is 16.8 Å². The van der Waals surface area contributed by atoms with E-state index in [4.69, 9.17) is 0 Å². The molecule has 0 atom stereocenters. The maximum Gasteiger partial charge on any atom is 0.258 e. The molecule has 0 saturated carbocycles. The van der Waals surface area contributed by atoms with Crippen molar-refractivity contribution in [3.63, 3.8) is 0 Å². The minimum Gasteiger partial charge on any atom is -0.505 e. The third-order valence-electron chi connectivity index (χ3n) is 5.79. The highest BCUT2D eigenvalue weighted by Crippen LogP contribution is 2.39. The van der Waals surface area contributed by atoms with Crippen molar-refractivity contribution in [2.45, 2.75) is 26.4 Å². The number of hydrogen-bond donors (Lipinski definition) is 1. The number of aryl methyl sites for hydroxylation is 1. The predicted molar refractivity (Wildman–Crippen MR) is 112 cm³/mol. The van der Waals surface area contributed by atoms with Gasteiger partial charge in [0.05, 0.1) is 12.1 Å². The molecule has 0 spiro atoms. The highest BCUT2D eigenvalue weighted by Gasteiger charge is 2.33. The van der Waals surface area contributed by atoms with Gasteiger partial charge in [0.2, 0.25) is 0 Å². The van der Waals surface area contributed by atoms with Crippen LogP contribution < -0.4 is 0 Å². The first-order valence-electron chi connectivity index (χ1n) is 9.92. The summed E-state index contributed by atoms with van der Waals surface area (Å²) in [6.45, 7) is 2.68. The second-order valence-electron chi connectivity index (χ2n) is 7.85. The number of phenolic OH excluding ortho intramolecular Hbond substituents is 1. The average molecular weight is 417 g/mol. The van der Waals surface area contributed by atoms with Crippen LogP contribution in [0.15, 0.2) is 42.9 Å². The number of carbonyl (C=O) groups excluding carboxylic acids is 1. The third-order valence-corrected chi connectivity index (χ3v) is 5.79. The van der Waals surface area contributed by atoms with Crippen LogP contribution in [0.25, 0.3) is 10.9 Å². The van der Waals surface area contributed by atoms with Gasteiger partial charge in [-0.05, 0) is 53.8 Å². The van der Waals surface area contributed by atoms with E-state index in [2.05, 4.69) is 15.1 Å². The number of pyridine rings is 1. The number of rotatable bonds is 4. The normalized spacial score (nSPS) is 13.3. The first-order chi connectivity index (χ1) is 14.9. The maximum absolute atomic E-state index is 13.2. The van der Waals surface area contributed by atoms with Crippen LogP contribution in [0.3, 0.4) is 0 Å². The fourth-order valence-electron chi connectivity index (χ4n) is 4.15. The number of amides is 1. The van der Waals surface area contributed by atoms with Crippen LogP contribution in [0.1, 0.15) is 38.4 Å². The van der Waals surface area contributed by atoms with Gasteiger partial charge in [-0.3, -0.25) is 9.78 Å². The van der Waals surface area contributed by atoms with Crippen LogP contribution >= 0.6 is 0 Å². The van der Waals surface area contributed by atoms with E-state index in [0.717, 1.165) is 33.5 Å². The number of nitrogens with zero attached hydrogens (tertiary/aromatic N) is 5. The minimum atomic E-state index is -0.278. The molecule has 0 aliphatic carbocycles. The predicted octanol–water partition coefficient (Wildman–Crippen LogP) is 3.20. The molecule has 31 heavy (non-hydrogen) atoms. The summed E-state index contributed by atoms with van der Waals surface area (Å²) in [6.07, 6.45) is 3.75. The molecule has 1 aliphatic rings. The molecule has 2 aromatic carbocycles. The van der Waals surface area contributed by atoms with Crippen molar-refractivity contribution in [1.82, 2.24) is 24.6 Å². The summed E-state index contributed by atoms with van der Waals surface area (Å²) in [5, 5.41) is 16.0. The van der Waals surface area contributed by atoms with E-state index in [-0.39, 0.29) is 17.5 Å². The van der Waals surface area contributed by atoms with Crippen molar-refractivity contribution in [2.24, 2.45) is 0 Å². The Morgan fingerprint density at radius 1 is 1.16 bits per heavy atom. The molecule has 3 heterocycles. The standard InChI is InChI=1S/C23H20FN5O2/c1-13-26-12-27-29(13)11-18-17-8-15(7-14-3-5-16(24)6-4-14)9-25-21(17)22(30)20-19(18)10-28(2)23(20)31/h3-6,8-9,12,30H,7,10-11H2,1-2H3. The molecular formula is C23H20FN5O2. The van der Waals surface area contributed by atoms with Gasteiger partial charge in [-0.2, -0.15) is 5.10 Å². The second-order valence-corrected chi connectivity index (χ2v) is 7.85. The van der Waals surface area contributed by atoms with Gasteiger partial charge < -0.3 is 10.0 Å². The summed E-state index contributed by atoms with van der Waals surface area (Å²) in [6, 6.07) is 8.34. The lowest BCUT2D eigenvalue weighted by molar-refractivity contribution is 0.0814. The zero-order chi connectivity index (χ0) is 21.7. The van der Waals surface area contributed by atoms with E-state index in [1.54, 1.807) is 35.0 Å². The molecule has 1 N–H and O–H groups in total. The Kier molecular flexibility index (Phi) is 4.43. The number of fused-ring (bicyclic) bond motifs is 2. The molecule has 0 unspecified atom stereocenters. The molecule has 0 radical (unpaired) electrons. The van der Waals surface area contributed by atoms with E-state index < -0.39 is 0 Å². The van der Waals surface area contributed by atoms with E-state index in [0.29, 0.717) is 30.6 Å². The molecule has 7 nitrogen and oxygen atoms in total. The lowest BCUT2D eigenvalue weighted by atomic mass is 9.94. The quantitative estimate of drug-likeness (QED) is 0.551. The van der Waals surface area contributed by atoms with E-state index in [1.807, 2.05) is 13.0 Å². The number of hydrogen-bond acceptors (Lipinski definition) is 5. The number of halogens is 1. The van der Waals surface area contributed by atoms with Gasteiger partial charge in [-0.15, -0.1) is 0 Å². The van der Waals surface area contributed by atoms with Crippen LogP contribution in [0, 0.1) is 12.7 Å². The topological polar surface area (TPSA) is 84.1 Å². The fourth-order valence-corrected chi connectivity index (χ4v) is 4.15. The van der Waals surface area contributed by atoms with Gasteiger partial charge in [0.1, 0.15) is 23.5 Å². The lowest BCUT2D eigenvalue weighted by Crippen LogP contribution is -2.17. The number of aromatic nitrogens is 4. The lowest BCUT2D eigenvalue weighted by Gasteiger charge is -2.15. The third kappa shape index (κ3) is 3.20. The summed E-state index contributed by atoms with van der Waals surface area (Å²) in [5.74, 6) is 0.165. The van der Waals surface area contributed by atoms with Crippen LogP contribution in [0.4, 0.5) is 4.39 Å². The Labute approximate surface area is 177 Å². The van der Waals surface area contributed by atoms with Gasteiger partial charge in [-0.1, -0.05) is 12.1 Å². The van der Waals surface area contributed by atoms with Gasteiger partial charge >= 0.3 is 0 Å². The van der Waals surface area contributed by atoms with E-state index >= 15 is 0 Å². The number of aromatic hydroxyl groups is 1. The maximum atomic E-state index is 13.2. The average Bonchev–Trinajstić information content (AvgIpc) is 3.29. The molecule has 156 valence electrons. The van der Waals surface area contributed by atoms with Crippen LogP contribution in [0.5, 0.6) is 5.75 Å². The van der Waals surface area contributed by atoms with Crippen molar-refractivity contribution in [3.8, 4) is 5.75 Å². The highest BCUT2D eigenvalue weighted by molar-refractivity contribution is 6.07. The van der Waals surface area contributed by atoms with E-state index in [9.17, 15) is 14.3 Å². The molecule has 8 heteroatoms. The molecule has 0 fully saturated rings. The van der Waals surface area contributed by atoms with Crippen LogP contribution in [0.2, 0.25) is 0 Å². The van der Waals surface area contributed by atoms with Crippen molar-refractivity contribution in [2.75, 3.05) is 7.05 Å². The summed E-state index contributed by atoms with van der Waals surface area (Å²) in [4.78, 5) is 23.0. The van der Waals surface area contributed by atoms with Crippen molar-refractivity contribution in [1.29, 1.82) is 0 Å². The van der Waals surface area contributed by atoms with E-state index in [1.165, 1.54) is 18.5 Å². The molecule has 0 saturated heterocycles. The minimum absolute atomic E-state index is 0.0910.